The average Bonchev–Trinajstić information content (AvgIpc) is 2.77. The van der Waals surface area contributed by atoms with Gasteiger partial charge in [-0.1, -0.05) is 37.3 Å². The van der Waals surface area contributed by atoms with E-state index in [2.05, 4.69) is 6.92 Å². The molecule has 1 fully saturated rings. The number of rotatable bonds is 4. The molecule has 0 aliphatic carbocycles. The Morgan fingerprint density at radius 1 is 1.03 bits per heavy atom. The van der Waals surface area contributed by atoms with Crippen LogP contribution < -0.4 is 9.21 Å². The molecule has 2 aromatic carbocycles. The summed E-state index contributed by atoms with van der Waals surface area (Å²) in [5, 5.41) is 0. The van der Waals surface area contributed by atoms with Gasteiger partial charge in [0.05, 0.1) is 11.4 Å². The number of carbonyl (C=O) groups is 2. The maximum atomic E-state index is 13.5. The molecule has 0 unspecified atom stereocenters. The van der Waals surface area contributed by atoms with Crippen LogP contribution in [0, 0.1) is 6.92 Å². The monoisotopic (exact) mass is 441 g/mol. The van der Waals surface area contributed by atoms with Crippen molar-refractivity contribution in [3.05, 3.63) is 54.1 Å². The zero-order chi connectivity index (χ0) is 22.2. The first-order valence-corrected chi connectivity index (χ1v) is 12.1. The molecule has 2 aliphatic rings. The third kappa shape index (κ3) is 3.69. The maximum absolute atomic E-state index is 13.5. The topological polar surface area (TPSA) is 78.0 Å². The van der Waals surface area contributed by atoms with Crippen molar-refractivity contribution in [1.82, 2.24) is 4.90 Å². The van der Waals surface area contributed by atoms with Gasteiger partial charge in [-0.25, -0.2) is 13.2 Å². The van der Waals surface area contributed by atoms with Gasteiger partial charge < -0.3 is 4.90 Å². The summed E-state index contributed by atoms with van der Waals surface area (Å²) in [4.78, 5) is 29.9. The lowest BCUT2D eigenvalue weighted by Gasteiger charge is -2.39. The predicted octanol–water partition coefficient (Wildman–Crippen LogP) is 3.92. The summed E-state index contributed by atoms with van der Waals surface area (Å²) in [6, 6.07) is 12.6. The molecule has 2 aromatic rings. The number of hydrogen-bond acceptors (Lipinski definition) is 4. The molecule has 31 heavy (non-hydrogen) atoms. The van der Waals surface area contributed by atoms with E-state index in [1.807, 2.05) is 4.90 Å². The Labute approximate surface area is 183 Å². The average molecular weight is 442 g/mol. The van der Waals surface area contributed by atoms with E-state index in [0.717, 1.165) is 30.0 Å². The Kier molecular flexibility index (Phi) is 5.75. The molecule has 7 nitrogen and oxygen atoms in total. The van der Waals surface area contributed by atoms with Gasteiger partial charge in [0, 0.05) is 12.6 Å². The zero-order valence-corrected chi connectivity index (χ0v) is 18.6. The minimum atomic E-state index is -4.10. The Hall–Kier alpha value is -2.87. The van der Waals surface area contributed by atoms with E-state index >= 15 is 0 Å². The first-order chi connectivity index (χ1) is 14.9. The lowest BCUT2D eigenvalue weighted by molar-refractivity contribution is -0.133. The minimum absolute atomic E-state index is 0.0244. The fraction of sp³-hybridized carbons (Fsp3) is 0.391. The summed E-state index contributed by atoms with van der Waals surface area (Å²) in [6.07, 6.45) is 3.85. The lowest BCUT2D eigenvalue weighted by Crippen LogP contribution is -2.55. The van der Waals surface area contributed by atoms with Crippen molar-refractivity contribution in [2.75, 3.05) is 22.3 Å². The Morgan fingerprint density at radius 3 is 2.42 bits per heavy atom. The molecule has 0 bridgehead atoms. The smallest absolute Gasteiger partial charge is 0.338 e. The summed E-state index contributed by atoms with van der Waals surface area (Å²) in [6.45, 7) is 4.29. The number of piperidine rings is 1. The number of aryl methyl sites for hydroxylation is 1. The van der Waals surface area contributed by atoms with Gasteiger partial charge in [-0.2, -0.15) is 4.31 Å². The summed E-state index contributed by atoms with van der Waals surface area (Å²) < 4.78 is 27.6. The van der Waals surface area contributed by atoms with Crippen molar-refractivity contribution in [2.24, 2.45) is 0 Å². The summed E-state index contributed by atoms with van der Waals surface area (Å²) in [7, 11) is -4.10. The number of urea groups is 1. The minimum Gasteiger partial charge on any atom is -0.338 e. The van der Waals surface area contributed by atoms with Crippen LogP contribution in [0.4, 0.5) is 16.2 Å². The van der Waals surface area contributed by atoms with Crippen molar-refractivity contribution in [1.29, 1.82) is 0 Å². The van der Waals surface area contributed by atoms with E-state index in [1.54, 1.807) is 49.4 Å². The second kappa shape index (κ2) is 8.34. The van der Waals surface area contributed by atoms with Gasteiger partial charge in [-0.3, -0.25) is 9.69 Å². The highest BCUT2D eigenvalue weighted by atomic mass is 32.2. The van der Waals surface area contributed by atoms with Crippen LogP contribution in [-0.4, -0.2) is 44.4 Å². The van der Waals surface area contributed by atoms with Crippen molar-refractivity contribution in [2.45, 2.75) is 50.5 Å². The van der Waals surface area contributed by atoms with E-state index < -0.39 is 16.1 Å². The van der Waals surface area contributed by atoms with Crippen LogP contribution in [0.15, 0.2) is 53.4 Å². The van der Waals surface area contributed by atoms with Crippen LogP contribution in [0.5, 0.6) is 0 Å². The van der Waals surface area contributed by atoms with Crippen molar-refractivity contribution in [3.63, 3.8) is 0 Å². The fourth-order valence-electron chi connectivity index (χ4n) is 4.47. The van der Waals surface area contributed by atoms with Crippen LogP contribution in [0.25, 0.3) is 0 Å². The highest BCUT2D eigenvalue weighted by Gasteiger charge is 2.44. The fourth-order valence-corrected chi connectivity index (χ4v) is 6.13. The number of amides is 3. The summed E-state index contributed by atoms with van der Waals surface area (Å²) in [5.41, 5.74) is 1.20. The van der Waals surface area contributed by atoms with E-state index in [9.17, 15) is 18.0 Å². The second-order valence-electron chi connectivity index (χ2n) is 8.04. The largest absolute Gasteiger partial charge is 0.343 e. The van der Waals surface area contributed by atoms with Gasteiger partial charge in [0.25, 0.3) is 10.0 Å². The molecule has 0 N–H and O–H groups in total. The zero-order valence-electron chi connectivity index (χ0n) is 17.8. The molecule has 2 aliphatic heterocycles. The highest BCUT2D eigenvalue weighted by Crippen LogP contribution is 2.38. The molecular formula is C23H27N3O4S. The number of benzene rings is 2. The number of carbonyl (C=O) groups excluding carboxylic acids is 2. The molecule has 0 aromatic heterocycles. The molecule has 0 saturated carbocycles. The molecule has 1 saturated heterocycles. The molecule has 0 spiro atoms. The van der Waals surface area contributed by atoms with E-state index in [1.165, 1.54) is 11.0 Å². The predicted molar refractivity (Wildman–Crippen MR) is 120 cm³/mol. The Morgan fingerprint density at radius 2 is 1.71 bits per heavy atom. The van der Waals surface area contributed by atoms with Crippen LogP contribution in [-0.2, 0) is 14.8 Å². The molecule has 164 valence electrons. The van der Waals surface area contributed by atoms with Crippen LogP contribution >= 0.6 is 0 Å². The van der Waals surface area contributed by atoms with Gasteiger partial charge in [0.2, 0.25) is 5.91 Å². The van der Waals surface area contributed by atoms with Crippen molar-refractivity contribution >= 4 is 33.3 Å². The number of nitrogens with zero attached hydrogens (tertiary/aromatic N) is 3. The number of para-hydroxylation sites is 2. The molecule has 8 heteroatoms. The maximum Gasteiger partial charge on any atom is 0.343 e. The van der Waals surface area contributed by atoms with Gasteiger partial charge in [0.1, 0.15) is 11.4 Å². The number of hydrogen-bond donors (Lipinski definition) is 0. The van der Waals surface area contributed by atoms with Gasteiger partial charge in [-0.15, -0.1) is 0 Å². The van der Waals surface area contributed by atoms with Crippen LogP contribution in [0.2, 0.25) is 0 Å². The normalized spacial score (nSPS) is 20.5. The van der Waals surface area contributed by atoms with E-state index in [0.29, 0.717) is 17.8 Å². The number of likely N-dealkylation sites (tertiary alicyclic amines) is 1. The summed E-state index contributed by atoms with van der Waals surface area (Å²) >= 11 is 0. The number of anilines is 2. The number of fused-ring (bicyclic) bond motifs is 1. The van der Waals surface area contributed by atoms with Gasteiger partial charge in [-0.05, 0) is 56.4 Å². The molecular weight excluding hydrogens is 414 g/mol. The van der Waals surface area contributed by atoms with Crippen molar-refractivity contribution in [3.8, 4) is 0 Å². The first kappa shape index (κ1) is 21.4. The van der Waals surface area contributed by atoms with Gasteiger partial charge in [0.15, 0.2) is 0 Å². The standard InChI is InChI=1S/C23H27N3O4S/c1-3-18-11-8-9-15-24(18)22(27)16-25-20-13-6-7-14-21(20)31(29,30)26(23(25)28)19-12-5-4-10-17(19)2/h4-7,10,12-14,18H,3,8-9,11,15-16H2,1-2H3/t18-/m0/s1. The van der Waals surface area contributed by atoms with Crippen molar-refractivity contribution < 1.29 is 18.0 Å². The third-order valence-corrected chi connectivity index (χ3v) is 7.86. The highest BCUT2D eigenvalue weighted by molar-refractivity contribution is 7.94. The van der Waals surface area contributed by atoms with E-state index in [4.69, 9.17) is 0 Å². The third-order valence-electron chi connectivity index (χ3n) is 6.13. The molecule has 0 radical (unpaired) electrons. The second-order valence-corrected chi connectivity index (χ2v) is 9.79. The van der Waals surface area contributed by atoms with Crippen LogP contribution in [0.3, 0.4) is 0 Å². The van der Waals surface area contributed by atoms with E-state index in [-0.39, 0.29) is 29.1 Å². The molecule has 4 rings (SSSR count). The SMILES string of the molecule is CC[C@H]1CCCCN1C(=O)CN1C(=O)N(c2ccccc2C)S(=O)(=O)c2ccccc21. The molecule has 1 atom stereocenters. The summed E-state index contributed by atoms with van der Waals surface area (Å²) in [5.74, 6) is -0.154. The Bertz CT molecular complexity index is 1120. The molecule has 3 amide bonds. The van der Waals surface area contributed by atoms with Gasteiger partial charge >= 0.3 is 6.03 Å². The Balaban J connectivity index is 1.76. The lowest BCUT2D eigenvalue weighted by atomic mass is 10.00. The molecule has 2 heterocycles. The van der Waals surface area contributed by atoms with Crippen LogP contribution in [0.1, 0.15) is 38.2 Å². The quantitative estimate of drug-likeness (QED) is 0.720. The number of sulfonamides is 1. The first-order valence-electron chi connectivity index (χ1n) is 10.7.